The van der Waals surface area contributed by atoms with Crippen LogP contribution in [0.2, 0.25) is 0 Å². The summed E-state index contributed by atoms with van der Waals surface area (Å²) in [5.74, 6) is 2.25. The number of carbonyl (C=O) groups excluding carboxylic acids is 3. The van der Waals surface area contributed by atoms with Crippen LogP contribution in [0, 0.1) is 24.7 Å². The molecule has 52 heavy (non-hydrogen) atoms. The first-order valence-corrected chi connectivity index (χ1v) is 19.3. The summed E-state index contributed by atoms with van der Waals surface area (Å²) >= 11 is 2.91. The molecule has 0 radical (unpaired) electrons. The van der Waals surface area contributed by atoms with Crippen LogP contribution in [0.15, 0.2) is 53.9 Å². The molecule has 2 aromatic carbocycles. The maximum Gasteiger partial charge on any atom is 0.573 e. The minimum atomic E-state index is -4.63. The minimum absolute atomic E-state index is 0. The Morgan fingerprint density at radius 2 is 1.44 bits per heavy atom. The van der Waals surface area contributed by atoms with Crippen molar-refractivity contribution >= 4 is 67.2 Å². The number of alkyl halides is 3. The summed E-state index contributed by atoms with van der Waals surface area (Å²) in [6.07, 6.45) is 1.52. The van der Waals surface area contributed by atoms with Crippen LogP contribution >= 0.6 is 35.1 Å². The lowest BCUT2D eigenvalue weighted by atomic mass is 9.65. The molecule has 6 fully saturated rings. The van der Waals surface area contributed by atoms with Crippen molar-refractivity contribution in [3.05, 3.63) is 64.4 Å². The quantitative estimate of drug-likeness (QED) is 0.207. The number of fused-ring (bicyclic) bond motifs is 8. The van der Waals surface area contributed by atoms with E-state index in [-0.39, 0.29) is 35.4 Å². The van der Waals surface area contributed by atoms with Crippen LogP contribution in [-0.2, 0) is 9.59 Å². The third-order valence-corrected chi connectivity index (χ3v) is 13.9. The molecule has 4 bridgehead atoms. The van der Waals surface area contributed by atoms with Crippen LogP contribution in [0.3, 0.4) is 0 Å². The largest absolute Gasteiger partial charge is 0.573 e. The second-order valence-electron chi connectivity index (χ2n) is 15.0. The van der Waals surface area contributed by atoms with Crippen LogP contribution in [0.25, 0.3) is 20.2 Å². The Morgan fingerprint density at radius 1 is 0.885 bits per heavy atom. The van der Waals surface area contributed by atoms with E-state index in [9.17, 15) is 18.0 Å². The lowest BCUT2D eigenvalue weighted by Gasteiger charge is -2.56. The molecular weight excluding hydrogens is 731 g/mol. The molecular formula is C39H49ClF3N3O4S2. The van der Waals surface area contributed by atoms with Gasteiger partial charge in [0.2, 0.25) is 0 Å². The molecule has 4 aromatic rings. The normalized spacial score (nSPS) is 26.3. The SMILES string of the molecule is CC1(C)[C@H](N)C2CCN1CC2.Cc1cccc2cc(C(=O)C[C@@H]3C4CCN(CC4)C3(C)C)sc12.Cl.FC(F)(F)Oc1cccc2ccsc12.O=C=O. The fourth-order valence-electron chi connectivity index (χ4n) is 8.55. The van der Waals surface area contributed by atoms with Crippen molar-refractivity contribution in [2.45, 2.75) is 90.2 Å². The van der Waals surface area contributed by atoms with E-state index in [0.717, 1.165) is 22.1 Å². The molecule has 284 valence electrons. The van der Waals surface area contributed by atoms with Gasteiger partial charge in [-0.1, -0.05) is 30.3 Å². The number of halogens is 4. The third-order valence-electron chi connectivity index (χ3n) is 11.6. The minimum Gasteiger partial charge on any atom is -0.404 e. The van der Waals surface area contributed by atoms with Gasteiger partial charge in [0.1, 0.15) is 5.75 Å². The number of nitrogens with two attached hydrogens (primary N) is 1. The molecule has 7 nitrogen and oxygen atoms in total. The molecule has 13 heteroatoms. The number of nitrogens with zero attached hydrogens (tertiary/aromatic N) is 2. The molecule has 0 spiro atoms. The maximum atomic E-state index is 12.9. The Hall–Kier alpha value is -2.83. The van der Waals surface area contributed by atoms with Crippen molar-refractivity contribution in [2.75, 3.05) is 26.2 Å². The van der Waals surface area contributed by atoms with Gasteiger partial charge in [0.15, 0.2) is 5.78 Å². The van der Waals surface area contributed by atoms with Crippen molar-refractivity contribution in [2.24, 2.45) is 23.5 Å². The van der Waals surface area contributed by atoms with Gasteiger partial charge in [0, 0.05) is 28.2 Å². The van der Waals surface area contributed by atoms with Crippen molar-refractivity contribution in [3.63, 3.8) is 0 Å². The molecule has 0 saturated carbocycles. The zero-order chi connectivity index (χ0) is 37.1. The summed E-state index contributed by atoms with van der Waals surface area (Å²) in [6, 6.07) is 15.2. The number of ketones is 1. The van der Waals surface area contributed by atoms with Crippen molar-refractivity contribution < 1.29 is 32.3 Å². The standard InChI is InChI=1S/C20H25NOS.C9H5F3OS.C9H18N2.CO2.ClH/c1-13-5-4-6-15-11-18(23-19(13)15)17(22)12-16-14-7-9-21(10-8-14)20(16,2)3;10-9(11,12)13-7-3-1-2-6-4-5-14-8(6)7;1-9(2)8(10)7-3-5-11(9)6-4-7;2-1-3;/h4-6,11,14,16H,7-10,12H2,1-3H3;1-5H;7-8H,3-6,10H2,1-2H3;;1H/t16-;;8-;;/m1.1../s1. The van der Waals surface area contributed by atoms with Gasteiger partial charge in [-0.3, -0.25) is 14.6 Å². The smallest absolute Gasteiger partial charge is 0.404 e. The first-order valence-electron chi connectivity index (χ1n) is 17.6. The zero-order valence-electron chi connectivity index (χ0n) is 30.3. The highest BCUT2D eigenvalue weighted by atomic mass is 35.5. The molecule has 0 amide bonds. The van der Waals surface area contributed by atoms with E-state index in [0.29, 0.717) is 28.9 Å². The number of ether oxygens (including phenoxy) is 1. The Labute approximate surface area is 318 Å². The molecule has 10 rings (SSSR count). The number of piperidine rings is 6. The van der Waals surface area contributed by atoms with Gasteiger partial charge in [-0.05, 0) is 144 Å². The molecule has 6 aliphatic rings. The van der Waals surface area contributed by atoms with Gasteiger partial charge in [0.05, 0.1) is 9.58 Å². The number of benzene rings is 2. The first kappa shape index (κ1) is 41.9. The van der Waals surface area contributed by atoms with Gasteiger partial charge in [-0.15, -0.1) is 48.3 Å². The molecule has 2 atom stereocenters. The highest BCUT2D eigenvalue weighted by molar-refractivity contribution is 7.21. The average molecular weight is 780 g/mol. The average Bonchev–Trinajstić information content (AvgIpc) is 3.75. The molecule has 2 aromatic heterocycles. The highest BCUT2D eigenvalue weighted by Gasteiger charge is 2.48. The summed E-state index contributed by atoms with van der Waals surface area (Å²) in [4.78, 5) is 35.3. The number of rotatable bonds is 4. The molecule has 8 heterocycles. The topological polar surface area (TPSA) is 92.9 Å². The van der Waals surface area contributed by atoms with E-state index in [1.165, 1.54) is 91.0 Å². The van der Waals surface area contributed by atoms with E-state index >= 15 is 0 Å². The Balaban J connectivity index is 0.000000179. The lowest BCUT2D eigenvalue weighted by molar-refractivity contribution is -0.274. The monoisotopic (exact) mass is 779 g/mol. The maximum absolute atomic E-state index is 12.9. The Bertz CT molecular complexity index is 1830. The second-order valence-corrected chi connectivity index (χ2v) is 17.0. The third kappa shape index (κ3) is 9.27. The predicted molar refractivity (Wildman–Crippen MR) is 204 cm³/mol. The van der Waals surface area contributed by atoms with Gasteiger partial charge < -0.3 is 10.5 Å². The van der Waals surface area contributed by atoms with Crippen LogP contribution in [0.5, 0.6) is 5.75 Å². The van der Waals surface area contributed by atoms with E-state index in [1.807, 2.05) is 0 Å². The number of carbonyl (C=O) groups is 1. The molecule has 2 N–H and O–H groups in total. The number of thiophene rings is 2. The second kappa shape index (κ2) is 17.1. The summed E-state index contributed by atoms with van der Waals surface area (Å²) in [5.41, 5.74) is 7.86. The Kier molecular flexibility index (Phi) is 13.8. The van der Waals surface area contributed by atoms with Crippen molar-refractivity contribution in [1.29, 1.82) is 0 Å². The number of Topliss-reactive ketones (excluding diaryl/α,β-unsaturated/α-hetero) is 1. The summed E-state index contributed by atoms with van der Waals surface area (Å²) < 4.78 is 41.5. The highest BCUT2D eigenvalue weighted by Crippen LogP contribution is 2.46. The molecule has 0 aliphatic carbocycles. The van der Waals surface area contributed by atoms with E-state index in [4.69, 9.17) is 15.3 Å². The van der Waals surface area contributed by atoms with Crippen LogP contribution < -0.4 is 10.5 Å². The van der Waals surface area contributed by atoms with Gasteiger partial charge in [0.25, 0.3) is 0 Å². The lowest BCUT2D eigenvalue weighted by Crippen LogP contribution is -2.67. The van der Waals surface area contributed by atoms with E-state index in [2.05, 4.69) is 73.4 Å². The first-order chi connectivity index (χ1) is 24.1. The summed E-state index contributed by atoms with van der Waals surface area (Å²) in [5, 5.41) is 3.71. The number of hydrogen-bond donors (Lipinski definition) is 1. The molecule has 6 aliphatic heterocycles. The predicted octanol–water partition coefficient (Wildman–Crippen LogP) is 9.36. The van der Waals surface area contributed by atoms with Crippen LogP contribution in [0.4, 0.5) is 13.2 Å². The fraction of sp³-hybridized carbons (Fsp3) is 0.538. The van der Waals surface area contributed by atoms with Gasteiger partial charge in [-0.25, -0.2) is 0 Å². The number of hydrogen-bond acceptors (Lipinski definition) is 9. The van der Waals surface area contributed by atoms with E-state index in [1.54, 1.807) is 28.8 Å². The van der Waals surface area contributed by atoms with Crippen molar-refractivity contribution in [3.8, 4) is 5.75 Å². The molecule has 0 unspecified atom stereocenters. The van der Waals surface area contributed by atoms with Crippen molar-refractivity contribution in [1.82, 2.24) is 9.80 Å². The fourth-order valence-corrected chi connectivity index (χ4v) is 10.5. The molecule has 6 saturated heterocycles. The van der Waals surface area contributed by atoms with E-state index < -0.39 is 6.36 Å². The number of aryl methyl sites for hydroxylation is 1. The van der Waals surface area contributed by atoms with Crippen LogP contribution in [0.1, 0.15) is 75.0 Å². The summed E-state index contributed by atoms with van der Waals surface area (Å²) in [7, 11) is 0. The Morgan fingerprint density at radius 3 is 1.96 bits per heavy atom. The van der Waals surface area contributed by atoms with Gasteiger partial charge in [-0.2, -0.15) is 9.59 Å². The van der Waals surface area contributed by atoms with Gasteiger partial charge >= 0.3 is 12.5 Å². The van der Waals surface area contributed by atoms with Crippen LogP contribution in [-0.4, -0.2) is 71.4 Å². The summed E-state index contributed by atoms with van der Waals surface area (Å²) in [6.45, 7) is 16.3. The zero-order valence-corrected chi connectivity index (χ0v) is 32.8.